The molecule has 0 atom stereocenters. The molecule has 17 heteroatoms. The van der Waals surface area contributed by atoms with Crippen LogP contribution in [0.1, 0.15) is 34.9 Å². The Kier molecular flexibility index (Phi) is 9.08. The highest BCUT2D eigenvalue weighted by atomic mass is 35.5. The number of nitrogens with one attached hydrogen (secondary N) is 2. The van der Waals surface area contributed by atoms with Crippen molar-refractivity contribution in [1.82, 2.24) is 29.5 Å². The standard InChI is InChI=1S/C27H26Cl2F3N9O3/c28-15-1-2-16(18(29)11-15)19-12-21-38-25(14-5-9-40(10-6-14)13-22(42)43)39-41(21)26(36-19)35-8-7-34-20-4-3-17(24(33)37-20)23(44)27(30,31)32/h1-4,11-12,14H,5-10,13H2,(H,35,36)(H,42,43)(H3,33,34,37). The summed E-state index contributed by atoms with van der Waals surface area (Å²) < 4.78 is 39.9. The molecule has 0 amide bonds. The topological polar surface area (TPSA) is 164 Å². The Morgan fingerprint density at radius 2 is 1.75 bits per heavy atom. The summed E-state index contributed by atoms with van der Waals surface area (Å²) in [5.74, 6) is -2.30. The summed E-state index contributed by atoms with van der Waals surface area (Å²) >= 11 is 12.5. The second-order valence-electron chi connectivity index (χ2n) is 10.1. The van der Waals surface area contributed by atoms with E-state index in [-0.39, 0.29) is 31.4 Å². The normalized spacial score (nSPS) is 14.6. The molecule has 4 aromatic rings. The van der Waals surface area contributed by atoms with Crippen molar-refractivity contribution in [3.8, 4) is 11.3 Å². The van der Waals surface area contributed by atoms with Gasteiger partial charge in [0.25, 0.3) is 5.78 Å². The molecular weight excluding hydrogens is 626 g/mol. The molecule has 3 aromatic heterocycles. The van der Waals surface area contributed by atoms with Gasteiger partial charge >= 0.3 is 12.1 Å². The van der Waals surface area contributed by atoms with E-state index in [4.69, 9.17) is 49.1 Å². The number of aromatic nitrogens is 5. The van der Waals surface area contributed by atoms with Gasteiger partial charge in [-0.25, -0.2) is 15.0 Å². The van der Waals surface area contributed by atoms with Gasteiger partial charge in [-0.05, 0) is 56.3 Å². The quantitative estimate of drug-likeness (QED) is 0.140. The second-order valence-corrected chi connectivity index (χ2v) is 10.9. The van der Waals surface area contributed by atoms with E-state index in [0.29, 0.717) is 64.7 Å². The SMILES string of the molecule is Nc1nc(NCCNc2nc(-c3ccc(Cl)cc3Cl)cc3nc(C4CCN(CC(=O)O)CC4)nn23)ccc1C(=O)C(F)(F)F. The van der Waals surface area contributed by atoms with Gasteiger partial charge in [0.2, 0.25) is 5.95 Å². The number of nitrogens with two attached hydrogens (primary N) is 1. The molecule has 1 aliphatic heterocycles. The molecule has 1 fully saturated rings. The molecule has 4 heterocycles. The van der Waals surface area contributed by atoms with Gasteiger partial charge < -0.3 is 21.5 Å². The molecule has 5 rings (SSSR count). The van der Waals surface area contributed by atoms with Gasteiger partial charge in [-0.15, -0.1) is 5.10 Å². The van der Waals surface area contributed by atoms with Crippen LogP contribution in [0.3, 0.4) is 0 Å². The average Bonchev–Trinajstić information content (AvgIpc) is 3.39. The lowest BCUT2D eigenvalue weighted by atomic mass is 9.96. The number of carboxylic acids is 1. The molecule has 1 aromatic carbocycles. The number of nitrogen functional groups attached to an aromatic ring is 1. The van der Waals surface area contributed by atoms with E-state index in [9.17, 15) is 22.8 Å². The van der Waals surface area contributed by atoms with Gasteiger partial charge in [0.15, 0.2) is 11.5 Å². The minimum Gasteiger partial charge on any atom is -0.480 e. The highest BCUT2D eigenvalue weighted by molar-refractivity contribution is 6.36. The number of alkyl halides is 3. The number of likely N-dealkylation sites (tertiary alicyclic amines) is 1. The van der Waals surface area contributed by atoms with Crippen LogP contribution in [0, 0.1) is 0 Å². The summed E-state index contributed by atoms with van der Waals surface area (Å²) in [6, 6.07) is 9.01. The maximum Gasteiger partial charge on any atom is 0.455 e. The highest BCUT2D eigenvalue weighted by Gasteiger charge is 2.40. The number of halogens is 5. The lowest BCUT2D eigenvalue weighted by Crippen LogP contribution is -2.36. The number of nitrogens with zero attached hydrogens (tertiary/aromatic N) is 6. The largest absolute Gasteiger partial charge is 0.480 e. The van der Waals surface area contributed by atoms with Crippen molar-refractivity contribution >= 4 is 58.2 Å². The Morgan fingerprint density at radius 3 is 2.41 bits per heavy atom. The molecule has 12 nitrogen and oxygen atoms in total. The lowest BCUT2D eigenvalue weighted by Gasteiger charge is -2.29. The van der Waals surface area contributed by atoms with Crippen molar-refractivity contribution in [3.05, 3.63) is 57.8 Å². The number of aliphatic carboxylic acids is 1. The monoisotopic (exact) mass is 651 g/mol. The number of ketones is 1. The van der Waals surface area contributed by atoms with Crippen molar-refractivity contribution in [2.75, 3.05) is 49.1 Å². The molecule has 232 valence electrons. The summed E-state index contributed by atoms with van der Waals surface area (Å²) in [5, 5.41) is 20.8. The van der Waals surface area contributed by atoms with Crippen molar-refractivity contribution in [3.63, 3.8) is 0 Å². The number of carboxylic acid groups (broad SMARTS) is 1. The van der Waals surface area contributed by atoms with Crippen LogP contribution in [0.5, 0.6) is 0 Å². The van der Waals surface area contributed by atoms with Gasteiger partial charge in [0, 0.05) is 35.7 Å². The lowest BCUT2D eigenvalue weighted by molar-refractivity contribution is -0.138. The molecule has 0 aliphatic carbocycles. The van der Waals surface area contributed by atoms with E-state index in [1.807, 2.05) is 4.90 Å². The van der Waals surface area contributed by atoms with Crippen molar-refractivity contribution in [2.45, 2.75) is 24.9 Å². The number of Topliss-reactive ketones (excluding diaryl/α,β-unsaturated/α-hetero) is 1. The third-order valence-corrected chi connectivity index (χ3v) is 7.55. The maximum absolute atomic E-state index is 12.8. The van der Waals surface area contributed by atoms with Crippen LogP contribution < -0.4 is 16.4 Å². The van der Waals surface area contributed by atoms with Crippen LogP contribution in [0.25, 0.3) is 16.9 Å². The number of carbonyl (C=O) groups is 2. The summed E-state index contributed by atoms with van der Waals surface area (Å²) in [6.07, 6.45) is -3.66. The van der Waals surface area contributed by atoms with Gasteiger partial charge in [0.05, 0.1) is 22.8 Å². The van der Waals surface area contributed by atoms with Crippen LogP contribution in [0.2, 0.25) is 10.0 Å². The highest BCUT2D eigenvalue weighted by Crippen LogP contribution is 2.32. The minimum absolute atomic E-state index is 0.0134. The van der Waals surface area contributed by atoms with E-state index in [0.717, 1.165) is 6.07 Å². The number of hydrogen-bond acceptors (Lipinski definition) is 10. The fourth-order valence-corrected chi connectivity index (χ4v) is 5.36. The molecule has 0 spiro atoms. The summed E-state index contributed by atoms with van der Waals surface area (Å²) in [7, 11) is 0. The van der Waals surface area contributed by atoms with Crippen LogP contribution in [0.4, 0.5) is 30.8 Å². The number of benzene rings is 1. The first kappa shape index (κ1) is 31.2. The van der Waals surface area contributed by atoms with E-state index in [2.05, 4.69) is 15.6 Å². The van der Waals surface area contributed by atoms with E-state index >= 15 is 0 Å². The molecule has 44 heavy (non-hydrogen) atoms. The Bertz CT molecular complexity index is 1710. The molecule has 1 aliphatic rings. The number of piperidine rings is 1. The van der Waals surface area contributed by atoms with Crippen LogP contribution >= 0.6 is 23.2 Å². The van der Waals surface area contributed by atoms with Crippen LogP contribution in [0.15, 0.2) is 36.4 Å². The zero-order chi connectivity index (χ0) is 31.6. The van der Waals surface area contributed by atoms with Crippen molar-refractivity contribution in [1.29, 1.82) is 0 Å². The predicted molar refractivity (Wildman–Crippen MR) is 158 cm³/mol. The maximum atomic E-state index is 12.8. The van der Waals surface area contributed by atoms with Crippen molar-refractivity contribution in [2.24, 2.45) is 0 Å². The number of rotatable bonds is 10. The van der Waals surface area contributed by atoms with E-state index in [1.165, 1.54) is 6.07 Å². The number of pyridine rings is 1. The first-order valence-corrected chi connectivity index (χ1v) is 14.2. The zero-order valence-electron chi connectivity index (χ0n) is 22.9. The number of fused-ring (bicyclic) bond motifs is 1. The van der Waals surface area contributed by atoms with Crippen molar-refractivity contribution < 1.29 is 27.9 Å². The fraction of sp³-hybridized carbons (Fsp3) is 0.333. The van der Waals surface area contributed by atoms with Gasteiger partial charge in [-0.1, -0.05) is 23.2 Å². The Balaban J connectivity index is 1.34. The summed E-state index contributed by atoms with van der Waals surface area (Å²) in [4.78, 5) is 37.8. The fourth-order valence-electron chi connectivity index (χ4n) is 4.85. The Hall–Kier alpha value is -4.21. The average molecular weight is 652 g/mol. The van der Waals surface area contributed by atoms with Gasteiger partial charge in [-0.3, -0.25) is 14.5 Å². The summed E-state index contributed by atoms with van der Waals surface area (Å²) in [5.41, 5.74) is 6.53. The van der Waals surface area contributed by atoms with E-state index in [1.54, 1.807) is 28.8 Å². The first-order valence-electron chi connectivity index (χ1n) is 13.4. The molecule has 0 unspecified atom stereocenters. The predicted octanol–water partition coefficient (Wildman–Crippen LogP) is 4.61. The van der Waals surface area contributed by atoms with E-state index < -0.39 is 29.3 Å². The minimum atomic E-state index is -5.06. The van der Waals surface area contributed by atoms with Crippen LogP contribution in [-0.4, -0.2) is 85.2 Å². The molecule has 0 saturated carbocycles. The number of hydrogen-bond donors (Lipinski definition) is 4. The molecule has 0 radical (unpaired) electrons. The molecular formula is C27H26Cl2F3N9O3. The molecule has 1 saturated heterocycles. The third-order valence-electron chi connectivity index (χ3n) is 7.00. The Labute approximate surface area is 258 Å². The number of carbonyl (C=O) groups excluding carboxylic acids is 1. The summed E-state index contributed by atoms with van der Waals surface area (Å²) in [6.45, 7) is 1.72. The molecule has 5 N–H and O–H groups in total. The smallest absolute Gasteiger partial charge is 0.455 e. The van der Waals surface area contributed by atoms with Crippen LogP contribution in [-0.2, 0) is 4.79 Å². The Morgan fingerprint density at radius 1 is 1.02 bits per heavy atom. The first-order chi connectivity index (χ1) is 20.9. The third kappa shape index (κ3) is 7.11. The van der Waals surface area contributed by atoms with Gasteiger partial charge in [-0.2, -0.15) is 17.7 Å². The molecule has 0 bridgehead atoms. The van der Waals surface area contributed by atoms with Gasteiger partial charge in [0.1, 0.15) is 11.6 Å². The second kappa shape index (κ2) is 12.8. The zero-order valence-corrected chi connectivity index (χ0v) is 24.4. The number of anilines is 3.